The van der Waals surface area contributed by atoms with Crippen molar-refractivity contribution < 1.29 is 0 Å². The summed E-state index contributed by atoms with van der Waals surface area (Å²) in [6, 6.07) is 50.0. The molecule has 6 aromatic carbocycles. The monoisotopic (exact) mass is 541 g/mol. The van der Waals surface area contributed by atoms with Crippen LogP contribution in [-0.4, -0.2) is 14.1 Å². The molecule has 9 rings (SSSR count). The summed E-state index contributed by atoms with van der Waals surface area (Å²) < 4.78 is 6.03. The Hall–Kier alpha value is -5.19. The number of benzene rings is 6. The first-order valence-electron chi connectivity index (χ1n) is 13.8. The van der Waals surface area contributed by atoms with Crippen molar-refractivity contribution in [3.8, 4) is 21.9 Å². The van der Waals surface area contributed by atoms with Crippen molar-refractivity contribution in [1.82, 2.24) is 14.1 Å². The number of nitrogens with zero attached hydrogens (tertiary/aromatic N) is 3. The molecule has 0 amide bonds. The van der Waals surface area contributed by atoms with E-state index in [0.717, 1.165) is 21.8 Å². The fraction of sp³-hybridized carbons (Fsp3) is 0. The van der Waals surface area contributed by atoms with Gasteiger partial charge >= 0.3 is 0 Å². The summed E-state index contributed by atoms with van der Waals surface area (Å²) in [5.74, 6) is 0. The maximum atomic E-state index is 5.04. The van der Waals surface area contributed by atoms with Crippen molar-refractivity contribution in [3.05, 3.63) is 140 Å². The van der Waals surface area contributed by atoms with Crippen LogP contribution < -0.4 is 0 Å². The molecule has 0 saturated carbocycles. The van der Waals surface area contributed by atoms with E-state index >= 15 is 0 Å². The highest BCUT2D eigenvalue weighted by atomic mass is 32.1. The number of hydrogen-bond acceptors (Lipinski definition) is 2. The van der Waals surface area contributed by atoms with Gasteiger partial charge in [-0.1, -0.05) is 78.9 Å². The van der Waals surface area contributed by atoms with Crippen LogP contribution in [0.15, 0.2) is 140 Å². The molecule has 0 aliphatic carbocycles. The Morgan fingerprint density at radius 3 is 1.80 bits per heavy atom. The van der Waals surface area contributed by atoms with Gasteiger partial charge in [-0.25, -0.2) is 4.98 Å². The second-order valence-corrected chi connectivity index (χ2v) is 11.5. The fourth-order valence-electron chi connectivity index (χ4n) is 6.38. The maximum absolute atomic E-state index is 5.04. The van der Waals surface area contributed by atoms with Crippen LogP contribution in [0.25, 0.3) is 75.8 Å². The smallest absolute Gasteiger partial charge is 0.126 e. The lowest BCUT2D eigenvalue weighted by Gasteiger charge is -2.12. The van der Waals surface area contributed by atoms with Crippen molar-refractivity contribution in [3.63, 3.8) is 0 Å². The van der Waals surface area contributed by atoms with Crippen molar-refractivity contribution in [2.45, 2.75) is 0 Å². The summed E-state index contributed by atoms with van der Waals surface area (Å²) in [6.45, 7) is 0. The van der Waals surface area contributed by atoms with E-state index in [1.54, 1.807) is 11.3 Å². The van der Waals surface area contributed by atoms with Gasteiger partial charge in [0.15, 0.2) is 0 Å². The van der Waals surface area contributed by atoms with E-state index in [1.165, 1.54) is 54.0 Å². The van der Waals surface area contributed by atoms with Crippen LogP contribution in [0.4, 0.5) is 0 Å². The van der Waals surface area contributed by atoms with Gasteiger partial charge in [0, 0.05) is 32.8 Å². The quantitative estimate of drug-likeness (QED) is 0.218. The van der Waals surface area contributed by atoms with Gasteiger partial charge in [-0.15, -0.1) is 11.3 Å². The van der Waals surface area contributed by atoms with Gasteiger partial charge in [-0.05, 0) is 60.7 Å². The zero-order chi connectivity index (χ0) is 26.9. The average Bonchev–Trinajstić information content (AvgIpc) is 3.70. The molecule has 0 unspecified atom stereocenters. The molecule has 3 nitrogen and oxygen atoms in total. The van der Waals surface area contributed by atoms with Crippen LogP contribution >= 0.6 is 11.3 Å². The molecule has 0 aliphatic heterocycles. The third kappa shape index (κ3) is 3.28. The Morgan fingerprint density at radius 1 is 0.463 bits per heavy atom. The molecule has 0 aliphatic rings. The van der Waals surface area contributed by atoms with E-state index in [-0.39, 0.29) is 0 Å². The Labute approximate surface area is 240 Å². The highest BCUT2D eigenvalue weighted by Crippen LogP contribution is 2.42. The number of rotatable bonds is 3. The minimum Gasteiger partial charge on any atom is -0.309 e. The molecule has 0 saturated heterocycles. The van der Waals surface area contributed by atoms with Crippen molar-refractivity contribution in [1.29, 1.82) is 0 Å². The largest absolute Gasteiger partial charge is 0.309 e. The Bertz CT molecular complexity index is 2390. The highest BCUT2D eigenvalue weighted by molar-refractivity contribution is 7.21. The van der Waals surface area contributed by atoms with E-state index in [4.69, 9.17) is 4.98 Å². The molecule has 4 heteroatoms. The molecule has 0 fully saturated rings. The normalized spacial score (nSPS) is 11.9. The summed E-state index contributed by atoms with van der Waals surface area (Å²) >= 11 is 1.75. The molecule has 3 heterocycles. The molecule has 0 radical (unpaired) electrons. The van der Waals surface area contributed by atoms with Gasteiger partial charge in [0.2, 0.25) is 0 Å². The standard InChI is InChI=1S/C37H23N3S/c1-2-12-24(13-3-1)39-31-18-8-4-14-25(31)28-23-35-29(22-34(28)39)26-15-5-9-19-32(26)40(35)33-20-10-6-16-27(33)37-38-30-17-7-11-21-36(30)41-37/h1-23H. The van der Waals surface area contributed by atoms with Gasteiger partial charge in [-0.3, -0.25) is 0 Å². The van der Waals surface area contributed by atoms with Crippen molar-refractivity contribution in [2.24, 2.45) is 0 Å². The third-order valence-electron chi connectivity index (χ3n) is 8.15. The van der Waals surface area contributed by atoms with Crippen LogP contribution in [0.3, 0.4) is 0 Å². The van der Waals surface area contributed by atoms with E-state index in [2.05, 4.69) is 149 Å². The van der Waals surface area contributed by atoms with E-state index in [9.17, 15) is 0 Å². The summed E-state index contributed by atoms with van der Waals surface area (Å²) in [5, 5.41) is 6.03. The predicted molar refractivity (Wildman–Crippen MR) is 174 cm³/mol. The molecule has 9 aromatic rings. The molecular formula is C37H23N3S. The van der Waals surface area contributed by atoms with Crippen LogP contribution in [0, 0.1) is 0 Å². The molecule has 192 valence electrons. The average molecular weight is 542 g/mol. The summed E-state index contributed by atoms with van der Waals surface area (Å²) in [6.07, 6.45) is 0. The van der Waals surface area contributed by atoms with Gasteiger partial charge in [0.25, 0.3) is 0 Å². The molecule has 0 atom stereocenters. The van der Waals surface area contributed by atoms with Gasteiger partial charge in [0.05, 0.1) is 38.0 Å². The number of aromatic nitrogens is 3. The van der Waals surface area contributed by atoms with E-state index in [1.807, 2.05) is 0 Å². The molecule has 0 spiro atoms. The maximum Gasteiger partial charge on any atom is 0.126 e. The molecule has 3 aromatic heterocycles. The number of hydrogen-bond donors (Lipinski definition) is 0. The van der Waals surface area contributed by atoms with Gasteiger partial charge in [-0.2, -0.15) is 0 Å². The van der Waals surface area contributed by atoms with Crippen LogP contribution in [-0.2, 0) is 0 Å². The van der Waals surface area contributed by atoms with Crippen LogP contribution in [0.1, 0.15) is 0 Å². The third-order valence-corrected chi connectivity index (χ3v) is 9.22. The Kier molecular flexibility index (Phi) is 4.77. The summed E-state index contributed by atoms with van der Waals surface area (Å²) in [7, 11) is 0. The number of fused-ring (bicyclic) bond motifs is 7. The van der Waals surface area contributed by atoms with E-state index in [0.29, 0.717) is 0 Å². The zero-order valence-corrected chi connectivity index (χ0v) is 22.8. The highest BCUT2D eigenvalue weighted by Gasteiger charge is 2.20. The first kappa shape index (κ1) is 22.6. The summed E-state index contributed by atoms with van der Waals surface area (Å²) in [5.41, 5.74) is 9.32. The number of para-hydroxylation sites is 5. The predicted octanol–water partition coefficient (Wildman–Crippen LogP) is 10.2. The zero-order valence-electron chi connectivity index (χ0n) is 22.0. The van der Waals surface area contributed by atoms with Crippen molar-refractivity contribution in [2.75, 3.05) is 0 Å². The van der Waals surface area contributed by atoms with Gasteiger partial charge < -0.3 is 9.13 Å². The Morgan fingerprint density at radius 2 is 1.05 bits per heavy atom. The molecule has 0 bridgehead atoms. The SMILES string of the molecule is c1ccc(-n2c3ccccc3c3cc4c(cc32)c2ccccc2n4-c2ccccc2-c2nc3ccccc3s2)cc1. The second-order valence-electron chi connectivity index (χ2n) is 10.4. The van der Waals surface area contributed by atoms with Crippen LogP contribution in [0.2, 0.25) is 0 Å². The van der Waals surface area contributed by atoms with E-state index < -0.39 is 0 Å². The molecule has 41 heavy (non-hydrogen) atoms. The first-order valence-corrected chi connectivity index (χ1v) is 14.6. The summed E-state index contributed by atoms with van der Waals surface area (Å²) in [4.78, 5) is 5.04. The lowest BCUT2D eigenvalue weighted by atomic mass is 10.1. The first-order chi connectivity index (χ1) is 20.3. The lowest BCUT2D eigenvalue weighted by Crippen LogP contribution is -1.97. The van der Waals surface area contributed by atoms with Crippen LogP contribution in [0.5, 0.6) is 0 Å². The topological polar surface area (TPSA) is 22.8 Å². The fourth-order valence-corrected chi connectivity index (χ4v) is 7.38. The Balaban J connectivity index is 1.41. The van der Waals surface area contributed by atoms with Crippen molar-refractivity contribution >= 4 is 65.2 Å². The molecule has 0 N–H and O–H groups in total. The minimum atomic E-state index is 1.04. The lowest BCUT2D eigenvalue weighted by molar-refractivity contribution is 1.17. The van der Waals surface area contributed by atoms with Gasteiger partial charge in [0.1, 0.15) is 5.01 Å². The molecular weight excluding hydrogens is 518 g/mol. The minimum absolute atomic E-state index is 1.04. The number of thiazole rings is 1. The second kappa shape index (κ2) is 8.65.